The Bertz CT molecular complexity index is 943. The number of rotatable bonds is 8. The third-order valence-electron chi connectivity index (χ3n) is 3.52. The monoisotopic (exact) mass is 453 g/mol. The Morgan fingerprint density at radius 2 is 1.72 bits per heavy atom. The summed E-state index contributed by atoms with van der Waals surface area (Å²) in [4.78, 5) is 10.6. The standard InChI is InChI=1S/C17H16ClF3NO6P/c1-3-26-29(25,27-4-2)16-10-12(6-7-14(16)22(23)24)28-15-8-5-11(9-13(15)18)17(19,20)21/h5-10H,3-4H2,1-2H3. The molecule has 2 rings (SSSR count). The van der Waals surface area contributed by atoms with E-state index >= 15 is 0 Å². The van der Waals surface area contributed by atoms with Gasteiger partial charge < -0.3 is 13.8 Å². The van der Waals surface area contributed by atoms with Crippen LogP contribution in [0.4, 0.5) is 18.9 Å². The minimum atomic E-state index is -4.58. The second-order valence-corrected chi connectivity index (χ2v) is 7.89. The summed E-state index contributed by atoms with van der Waals surface area (Å²) in [6.07, 6.45) is -4.58. The molecule has 0 aromatic heterocycles. The molecule has 0 fully saturated rings. The molecule has 0 heterocycles. The molecule has 0 unspecified atom stereocenters. The molecule has 2 aromatic carbocycles. The number of nitro benzene ring substituents is 1. The second-order valence-electron chi connectivity index (χ2n) is 5.49. The highest BCUT2D eigenvalue weighted by atomic mass is 35.5. The minimum absolute atomic E-state index is 0.0375. The van der Waals surface area contributed by atoms with E-state index in [0.29, 0.717) is 6.07 Å². The first kappa shape index (κ1) is 23.2. The van der Waals surface area contributed by atoms with Gasteiger partial charge in [0.25, 0.3) is 5.69 Å². The van der Waals surface area contributed by atoms with Crippen LogP contribution in [0, 0.1) is 10.1 Å². The maximum Gasteiger partial charge on any atom is 0.416 e. The van der Waals surface area contributed by atoms with Crippen LogP contribution in [-0.2, 0) is 19.8 Å². The Labute approximate surface area is 169 Å². The minimum Gasteiger partial charge on any atom is -0.456 e. The molecule has 0 atom stereocenters. The van der Waals surface area contributed by atoms with Gasteiger partial charge in [0.1, 0.15) is 16.8 Å². The smallest absolute Gasteiger partial charge is 0.416 e. The van der Waals surface area contributed by atoms with Crippen molar-refractivity contribution in [3.8, 4) is 11.5 Å². The van der Waals surface area contributed by atoms with Crippen LogP contribution in [0.3, 0.4) is 0 Å². The highest BCUT2D eigenvalue weighted by Crippen LogP contribution is 2.50. The summed E-state index contributed by atoms with van der Waals surface area (Å²) in [5.41, 5.74) is -1.47. The van der Waals surface area contributed by atoms with Crippen molar-refractivity contribution in [2.45, 2.75) is 20.0 Å². The lowest BCUT2D eigenvalue weighted by atomic mass is 10.2. The van der Waals surface area contributed by atoms with Crippen molar-refractivity contribution in [1.29, 1.82) is 0 Å². The normalized spacial score (nSPS) is 12.1. The molecular formula is C17H16ClF3NO6P. The fraction of sp³-hybridized carbons (Fsp3) is 0.294. The van der Waals surface area contributed by atoms with E-state index in [1.807, 2.05) is 0 Å². The molecule has 0 saturated carbocycles. The van der Waals surface area contributed by atoms with Gasteiger partial charge in [-0.15, -0.1) is 0 Å². The summed E-state index contributed by atoms with van der Waals surface area (Å²) in [6.45, 7) is 3.01. The lowest BCUT2D eigenvalue weighted by Crippen LogP contribution is -2.15. The zero-order chi connectivity index (χ0) is 21.8. The van der Waals surface area contributed by atoms with Crippen molar-refractivity contribution < 1.29 is 36.4 Å². The maximum absolute atomic E-state index is 13.0. The van der Waals surface area contributed by atoms with E-state index in [1.165, 1.54) is 6.07 Å². The van der Waals surface area contributed by atoms with Crippen molar-refractivity contribution >= 4 is 30.2 Å². The fourth-order valence-electron chi connectivity index (χ4n) is 2.34. The quantitative estimate of drug-likeness (QED) is 0.279. The second kappa shape index (κ2) is 9.13. The van der Waals surface area contributed by atoms with E-state index in [1.54, 1.807) is 13.8 Å². The predicted molar refractivity (Wildman–Crippen MR) is 100 cm³/mol. The number of ether oxygens (including phenoxy) is 1. The Hall–Kier alpha value is -2.13. The summed E-state index contributed by atoms with van der Waals surface area (Å²) in [6, 6.07) is 5.79. The van der Waals surface area contributed by atoms with E-state index < -0.39 is 29.9 Å². The molecule has 0 radical (unpaired) electrons. The average molecular weight is 454 g/mol. The van der Waals surface area contributed by atoms with Gasteiger partial charge in [0.15, 0.2) is 0 Å². The van der Waals surface area contributed by atoms with Gasteiger partial charge in [-0.1, -0.05) is 11.6 Å². The van der Waals surface area contributed by atoms with Crippen LogP contribution in [0.2, 0.25) is 5.02 Å². The van der Waals surface area contributed by atoms with E-state index in [2.05, 4.69) is 0 Å². The molecule has 0 bridgehead atoms. The van der Waals surface area contributed by atoms with Gasteiger partial charge in [-0.3, -0.25) is 14.7 Å². The number of halogens is 4. The van der Waals surface area contributed by atoms with Crippen LogP contribution < -0.4 is 10.0 Å². The van der Waals surface area contributed by atoms with Crippen LogP contribution in [-0.4, -0.2) is 18.1 Å². The van der Waals surface area contributed by atoms with Gasteiger partial charge in [0, 0.05) is 12.1 Å². The van der Waals surface area contributed by atoms with E-state index in [-0.39, 0.29) is 35.0 Å². The molecule has 0 spiro atoms. The Morgan fingerprint density at radius 3 is 2.21 bits per heavy atom. The van der Waals surface area contributed by atoms with E-state index in [9.17, 15) is 27.9 Å². The van der Waals surface area contributed by atoms with Gasteiger partial charge in [-0.05, 0) is 38.1 Å². The molecule has 12 heteroatoms. The molecule has 0 amide bonds. The van der Waals surface area contributed by atoms with Crippen molar-refractivity contribution in [2.24, 2.45) is 0 Å². The number of nitro groups is 1. The summed E-state index contributed by atoms with van der Waals surface area (Å²) >= 11 is 5.86. The van der Waals surface area contributed by atoms with E-state index in [4.69, 9.17) is 25.4 Å². The van der Waals surface area contributed by atoms with Gasteiger partial charge in [0.05, 0.1) is 28.7 Å². The van der Waals surface area contributed by atoms with Crippen molar-refractivity contribution in [3.63, 3.8) is 0 Å². The highest BCUT2D eigenvalue weighted by Gasteiger charge is 2.35. The van der Waals surface area contributed by atoms with Crippen LogP contribution in [0.25, 0.3) is 0 Å². The average Bonchev–Trinajstić information content (AvgIpc) is 2.62. The highest BCUT2D eigenvalue weighted by molar-refractivity contribution is 7.62. The number of alkyl halides is 3. The molecule has 0 aliphatic carbocycles. The number of hydrogen-bond acceptors (Lipinski definition) is 6. The topological polar surface area (TPSA) is 87.9 Å². The molecule has 2 aromatic rings. The maximum atomic E-state index is 13.0. The van der Waals surface area contributed by atoms with Crippen LogP contribution in [0.15, 0.2) is 36.4 Å². The third-order valence-corrected chi connectivity index (χ3v) is 5.96. The first-order valence-electron chi connectivity index (χ1n) is 8.24. The van der Waals surface area contributed by atoms with Gasteiger partial charge in [0.2, 0.25) is 0 Å². The van der Waals surface area contributed by atoms with Gasteiger partial charge in [-0.2, -0.15) is 13.2 Å². The van der Waals surface area contributed by atoms with E-state index in [0.717, 1.165) is 24.3 Å². The first-order chi connectivity index (χ1) is 13.5. The molecule has 29 heavy (non-hydrogen) atoms. The summed E-state index contributed by atoms with van der Waals surface area (Å²) in [5, 5.41) is 10.7. The lowest BCUT2D eigenvalue weighted by Gasteiger charge is -2.18. The van der Waals surface area contributed by atoms with Crippen molar-refractivity contribution in [2.75, 3.05) is 13.2 Å². The molecule has 158 valence electrons. The van der Waals surface area contributed by atoms with Gasteiger partial charge >= 0.3 is 13.8 Å². The predicted octanol–water partition coefficient (Wildman–Crippen LogP) is 5.95. The van der Waals surface area contributed by atoms with Crippen LogP contribution in [0.5, 0.6) is 11.5 Å². The lowest BCUT2D eigenvalue weighted by molar-refractivity contribution is -0.383. The molecule has 0 aliphatic rings. The number of nitrogens with zero attached hydrogens (tertiary/aromatic N) is 1. The molecule has 7 nitrogen and oxygen atoms in total. The Morgan fingerprint density at radius 1 is 1.10 bits per heavy atom. The first-order valence-corrected chi connectivity index (χ1v) is 10.2. The summed E-state index contributed by atoms with van der Waals surface area (Å²) in [7, 11) is -4.04. The van der Waals surface area contributed by atoms with Gasteiger partial charge in [-0.25, -0.2) is 0 Å². The number of benzene rings is 2. The SMILES string of the molecule is CCOP(=O)(OCC)c1cc(Oc2ccc(C(F)(F)F)cc2Cl)ccc1[N+](=O)[O-]. The van der Waals surface area contributed by atoms with Crippen molar-refractivity contribution in [3.05, 3.63) is 57.1 Å². The zero-order valence-electron chi connectivity index (χ0n) is 15.2. The molecule has 0 saturated heterocycles. The largest absolute Gasteiger partial charge is 0.456 e. The fourth-order valence-corrected chi connectivity index (χ4v) is 4.32. The molecule has 0 N–H and O–H groups in total. The Balaban J connectivity index is 2.48. The summed E-state index contributed by atoms with van der Waals surface area (Å²) in [5.74, 6) is -0.172. The molecular weight excluding hydrogens is 438 g/mol. The third kappa shape index (κ3) is 5.48. The number of hydrogen-bond donors (Lipinski definition) is 0. The van der Waals surface area contributed by atoms with Crippen LogP contribution >= 0.6 is 19.2 Å². The zero-order valence-corrected chi connectivity index (χ0v) is 16.9. The van der Waals surface area contributed by atoms with Crippen molar-refractivity contribution in [1.82, 2.24) is 0 Å². The summed E-state index contributed by atoms with van der Waals surface area (Å²) < 4.78 is 67.0. The molecule has 0 aliphatic heterocycles. The van der Waals surface area contributed by atoms with Crippen LogP contribution in [0.1, 0.15) is 19.4 Å². The Kier molecular flexibility index (Phi) is 7.29.